The van der Waals surface area contributed by atoms with Crippen molar-refractivity contribution in [3.63, 3.8) is 0 Å². The Hall–Kier alpha value is -0.850. The Balaban J connectivity index is 1.47. The van der Waals surface area contributed by atoms with Crippen LogP contribution in [0.2, 0.25) is 0 Å². The van der Waals surface area contributed by atoms with Crippen molar-refractivity contribution in [2.45, 2.75) is 89.9 Å². The standard InChI is InChI=1S/C22H41N3O3/c1-20(2,3)24-14-12-23(13-15-24)19(26)27-16-18-8-10-22(9-7-11-25(18)22)17-28-21(4,5)6/h18H,7-17H2,1-6H3/t18-,22-/m1/s1. The maximum atomic E-state index is 12.6. The highest BCUT2D eigenvalue weighted by atomic mass is 16.6. The van der Waals surface area contributed by atoms with Crippen LogP contribution in [0.3, 0.4) is 0 Å². The molecule has 0 radical (unpaired) electrons. The van der Waals surface area contributed by atoms with Crippen LogP contribution in [-0.4, -0.2) is 89.5 Å². The van der Waals surface area contributed by atoms with Gasteiger partial charge in [0.2, 0.25) is 0 Å². The minimum absolute atomic E-state index is 0.108. The molecule has 3 aliphatic heterocycles. The van der Waals surface area contributed by atoms with Gasteiger partial charge in [-0.15, -0.1) is 0 Å². The summed E-state index contributed by atoms with van der Waals surface area (Å²) >= 11 is 0. The zero-order valence-corrected chi connectivity index (χ0v) is 18.9. The molecule has 0 bridgehead atoms. The first-order valence-electron chi connectivity index (χ1n) is 11.1. The molecule has 3 aliphatic rings. The van der Waals surface area contributed by atoms with E-state index in [2.05, 4.69) is 51.3 Å². The topological polar surface area (TPSA) is 45.3 Å². The van der Waals surface area contributed by atoms with Gasteiger partial charge in [-0.25, -0.2) is 4.79 Å². The van der Waals surface area contributed by atoms with Gasteiger partial charge in [0, 0.05) is 43.3 Å². The lowest BCUT2D eigenvalue weighted by Gasteiger charge is -2.42. The van der Waals surface area contributed by atoms with Crippen molar-refractivity contribution in [1.29, 1.82) is 0 Å². The summed E-state index contributed by atoms with van der Waals surface area (Å²) in [5, 5.41) is 0. The Kier molecular flexibility index (Phi) is 6.33. The molecule has 6 heteroatoms. The summed E-state index contributed by atoms with van der Waals surface area (Å²) in [6, 6.07) is 0.339. The number of piperazine rings is 1. The van der Waals surface area contributed by atoms with Crippen LogP contribution in [0.5, 0.6) is 0 Å². The van der Waals surface area contributed by atoms with Crippen molar-refractivity contribution in [2.24, 2.45) is 0 Å². The van der Waals surface area contributed by atoms with Crippen LogP contribution >= 0.6 is 0 Å². The van der Waals surface area contributed by atoms with E-state index in [0.29, 0.717) is 12.6 Å². The van der Waals surface area contributed by atoms with Crippen molar-refractivity contribution >= 4 is 6.09 Å². The fourth-order valence-electron chi connectivity index (χ4n) is 4.96. The third-order valence-corrected chi connectivity index (χ3v) is 6.69. The predicted molar refractivity (Wildman–Crippen MR) is 112 cm³/mol. The lowest BCUT2D eigenvalue weighted by molar-refractivity contribution is -0.0596. The fraction of sp³-hybridized carbons (Fsp3) is 0.955. The van der Waals surface area contributed by atoms with Crippen LogP contribution in [-0.2, 0) is 9.47 Å². The number of amides is 1. The Morgan fingerprint density at radius 3 is 2.29 bits per heavy atom. The molecule has 162 valence electrons. The van der Waals surface area contributed by atoms with E-state index in [4.69, 9.17) is 9.47 Å². The van der Waals surface area contributed by atoms with E-state index in [0.717, 1.165) is 52.2 Å². The average Bonchev–Trinajstić information content (AvgIpc) is 3.16. The van der Waals surface area contributed by atoms with Gasteiger partial charge < -0.3 is 14.4 Å². The molecule has 0 unspecified atom stereocenters. The summed E-state index contributed by atoms with van der Waals surface area (Å²) in [4.78, 5) is 19.5. The quantitative estimate of drug-likeness (QED) is 0.730. The lowest BCUT2D eigenvalue weighted by Crippen LogP contribution is -2.55. The largest absolute Gasteiger partial charge is 0.448 e. The fourth-order valence-corrected chi connectivity index (χ4v) is 4.96. The number of ether oxygens (including phenoxy) is 2. The van der Waals surface area contributed by atoms with Crippen LogP contribution in [0.25, 0.3) is 0 Å². The maximum absolute atomic E-state index is 12.6. The first-order valence-corrected chi connectivity index (χ1v) is 11.1. The number of fused-ring (bicyclic) bond motifs is 1. The average molecular weight is 396 g/mol. The molecule has 3 heterocycles. The molecule has 0 N–H and O–H groups in total. The summed E-state index contributed by atoms with van der Waals surface area (Å²) < 4.78 is 11.9. The molecule has 28 heavy (non-hydrogen) atoms. The molecule has 0 saturated carbocycles. The van der Waals surface area contributed by atoms with Gasteiger partial charge in [0.15, 0.2) is 0 Å². The maximum Gasteiger partial charge on any atom is 0.409 e. The molecule has 1 amide bonds. The van der Waals surface area contributed by atoms with Crippen LogP contribution in [0, 0.1) is 0 Å². The van der Waals surface area contributed by atoms with Crippen LogP contribution in [0.15, 0.2) is 0 Å². The molecule has 0 aromatic carbocycles. The third kappa shape index (κ3) is 5.00. The minimum Gasteiger partial charge on any atom is -0.448 e. The minimum atomic E-state index is -0.142. The van der Waals surface area contributed by atoms with Crippen molar-refractivity contribution in [2.75, 3.05) is 45.9 Å². The van der Waals surface area contributed by atoms with E-state index in [9.17, 15) is 4.79 Å². The normalized spacial score (nSPS) is 29.9. The zero-order valence-electron chi connectivity index (χ0n) is 18.9. The van der Waals surface area contributed by atoms with Crippen LogP contribution in [0.4, 0.5) is 4.79 Å². The van der Waals surface area contributed by atoms with E-state index < -0.39 is 0 Å². The molecule has 3 saturated heterocycles. The second-order valence-corrected chi connectivity index (χ2v) is 10.8. The summed E-state index contributed by atoms with van der Waals surface area (Å²) in [5.74, 6) is 0. The second-order valence-electron chi connectivity index (χ2n) is 10.8. The molecular formula is C22H41N3O3. The van der Waals surface area contributed by atoms with Gasteiger partial charge in [0.05, 0.1) is 12.2 Å². The number of hydrogen-bond acceptors (Lipinski definition) is 5. The molecule has 3 fully saturated rings. The Bertz CT molecular complexity index is 546. The number of rotatable bonds is 4. The number of carbonyl (C=O) groups excluding carboxylic acids is 1. The highest BCUT2D eigenvalue weighted by Crippen LogP contribution is 2.43. The molecule has 2 atom stereocenters. The van der Waals surface area contributed by atoms with Gasteiger partial charge in [-0.3, -0.25) is 9.80 Å². The van der Waals surface area contributed by atoms with Crippen molar-refractivity contribution in [3.05, 3.63) is 0 Å². The SMILES string of the molecule is CC(C)(C)OC[C@]12CCCN1[C@@H](COC(=O)N1CCN(C(C)(C)C)CC1)CC2. The van der Waals surface area contributed by atoms with Crippen LogP contribution in [0.1, 0.15) is 67.2 Å². The molecule has 6 nitrogen and oxygen atoms in total. The van der Waals surface area contributed by atoms with E-state index in [1.165, 1.54) is 12.8 Å². The van der Waals surface area contributed by atoms with Crippen molar-refractivity contribution < 1.29 is 14.3 Å². The number of carbonyl (C=O) groups is 1. The highest BCUT2D eigenvalue weighted by molar-refractivity contribution is 5.67. The Labute approximate surface area is 171 Å². The van der Waals surface area contributed by atoms with E-state index in [-0.39, 0.29) is 22.8 Å². The summed E-state index contributed by atoms with van der Waals surface area (Å²) in [5.41, 5.74) is 0.208. The highest BCUT2D eigenvalue weighted by Gasteiger charge is 2.50. The molecule has 0 aromatic rings. The van der Waals surface area contributed by atoms with Crippen molar-refractivity contribution in [3.8, 4) is 0 Å². The second kappa shape index (κ2) is 8.11. The number of hydrogen-bond donors (Lipinski definition) is 0. The summed E-state index contributed by atoms with van der Waals surface area (Å²) in [6.07, 6.45) is 4.51. The van der Waals surface area contributed by atoms with E-state index in [1.54, 1.807) is 0 Å². The van der Waals surface area contributed by atoms with Gasteiger partial charge >= 0.3 is 6.09 Å². The van der Waals surface area contributed by atoms with Gasteiger partial charge in [0.1, 0.15) is 6.61 Å². The third-order valence-electron chi connectivity index (χ3n) is 6.69. The van der Waals surface area contributed by atoms with Gasteiger partial charge in [0.25, 0.3) is 0 Å². The first-order chi connectivity index (χ1) is 13.0. The zero-order chi connectivity index (χ0) is 20.6. The van der Waals surface area contributed by atoms with Crippen LogP contribution < -0.4 is 0 Å². The molecule has 0 aliphatic carbocycles. The predicted octanol–water partition coefficient (Wildman–Crippen LogP) is 3.35. The van der Waals surface area contributed by atoms with Gasteiger partial charge in [-0.2, -0.15) is 0 Å². The molecule has 3 rings (SSSR count). The molecule has 0 aromatic heterocycles. The molecular weight excluding hydrogens is 354 g/mol. The summed E-state index contributed by atoms with van der Waals surface area (Å²) in [7, 11) is 0. The van der Waals surface area contributed by atoms with E-state index in [1.807, 2.05) is 4.90 Å². The van der Waals surface area contributed by atoms with Gasteiger partial charge in [-0.1, -0.05) is 0 Å². The monoisotopic (exact) mass is 395 g/mol. The van der Waals surface area contributed by atoms with E-state index >= 15 is 0 Å². The van der Waals surface area contributed by atoms with Crippen molar-refractivity contribution in [1.82, 2.24) is 14.7 Å². The summed E-state index contributed by atoms with van der Waals surface area (Å²) in [6.45, 7) is 18.8. The molecule has 0 spiro atoms. The smallest absolute Gasteiger partial charge is 0.409 e. The Morgan fingerprint density at radius 1 is 1.00 bits per heavy atom. The Morgan fingerprint density at radius 2 is 1.68 bits per heavy atom. The van der Waals surface area contributed by atoms with Gasteiger partial charge in [-0.05, 0) is 73.8 Å². The lowest BCUT2D eigenvalue weighted by atomic mass is 9.95. The first kappa shape index (κ1) is 21.8. The number of nitrogens with zero attached hydrogens (tertiary/aromatic N) is 3.